The number of allylic oxidation sites excluding steroid dienone is 3. The van der Waals surface area contributed by atoms with E-state index in [0.29, 0.717) is 30.7 Å². The van der Waals surface area contributed by atoms with Gasteiger partial charge in [0.15, 0.2) is 5.78 Å². The zero-order valence-corrected chi connectivity index (χ0v) is 18.2. The zero-order valence-electron chi connectivity index (χ0n) is 17.4. The molecule has 0 radical (unpaired) electrons. The number of hydrogen-bond acceptors (Lipinski definition) is 5. The number of likely N-dealkylation sites (tertiary alicyclic amines) is 1. The average Bonchev–Trinajstić information content (AvgIpc) is 2.91. The predicted octanol–water partition coefficient (Wildman–Crippen LogP) is 4.77. The molecule has 4 rings (SSSR count). The molecule has 1 fully saturated rings. The third-order valence-corrected chi connectivity index (χ3v) is 6.83. The molecule has 0 bridgehead atoms. The molecule has 0 saturated carbocycles. The van der Waals surface area contributed by atoms with Gasteiger partial charge in [0, 0.05) is 24.2 Å². The molecule has 30 heavy (non-hydrogen) atoms. The lowest BCUT2D eigenvalue weighted by atomic mass is 9.84. The van der Waals surface area contributed by atoms with Crippen LogP contribution in [0.4, 0.5) is 5.00 Å². The Balaban J connectivity index is 0.000000196. The van der Waals surface area contributed by atoms with Crippen LogP contribution < -0.4 is 5.73 Å². The van der Waals surface area contributed by atoms with Gasteiger partial charge in [0.25, 0.3) is 0 Å². The van der Waals surface area contributed by atoms with Gasteiger partial charge in [0.05, 0.1) is 17.0 Å². The number of Topliss-reactive ketones (excluding diaryl/α,β-unsaturated/α-hetero) is 1. The number of thiophene rings is 1. The van der Waals surface area contributed by atoms with E-state index < -0.39 is 5.60 Å². The van der Waals surface area contributed by atoms with E-state index in [1.54, 1.807) is 22.3 Å². The van der Waals surface area contributed by atoms with Crippen molar-refractivity contribution in [2.45, 2.75) is 38.2 Å². The van der Waals surface area contributed by atoms with Gasteiger partial charge in [-0.3, -0.25) is 9.59 Å². The van der Waals surface area contributed by atoms with E-state index in [1.165, 1.54) is 21.7 Å². The van der Waals surface area contributed by atoms with Gasteiger partial charge in [-0.1, -0.05) is 37.4 Å². The topological polar surface area (TPSA) is 72.6 Å². The number of nitrogens with two attached hydrogens (primary N) is 1. The Hall–Kier alpha value is -2.86. The van der Waals surface area contributed by atoms with Crippen LogP contribution >= 0.6 is 11.3 Å². The molecule has 1 spiro atoms. The first-order valence-electron chi connectivity index (χ1n) is 10.1. The monoisotopic (exact) mass is 424 g/mol. The highest BCUT2D eigenvalue weighted by molar-refractivity contribution is 7.22. The Kier molecular flexibility index (Phi) is 6.77. The van der Waals surface area contributed by atoms with Gasteiger partial charge < -0.3 is 15.4 Å². The lowest BCUT2D eigenvalue weighted by molar-refractivity contribution is -0.125. The van der Waals surface area contributed by atoms with Gasteiger partial charge >= 0.3 is 0 Å². The third kappa shape index (κ3) is 4.49. The second kappa shape index (κ2) is 9.30. The number of anilines is 1. The maximum Gasteiger partial charge on any atom is 0.209 e. The normalized spacial score (nSPS) is 21.5. The molecule has 1 aromatic carbocycles. The van der Waals surface area contributed by atoms with Crippen LogP contribution in [0.5, 0.6) is 0 Å². The Labute approximate surface area is 181 Å². The minimum atomic E-state index is -0.481. The van der Waals surface area contributed by atoms with E-state index in [-0.39, 0.29) is 5.78 Å². The molecule has 0 aliphatic carbocycles. The molecule has 2 aliphatic rings. The van der Waals surface area contributed by atoms with Crippen LogP contribution in [0.3, 0.4) is 0 Å². The molecule has 3 heterocycles. The van der Waals surface area contributed by atoms with Gasteiger partial charge in [-0.25, -0.2) is 0 Å². The number of aryl methyl sites for hydroxylation is 1. The van der Waals surface area contributed by atoms with Crippen molar-refractivity contribution >= 4 is 38.6 Å². The van der Waals surface area contributed by atoms with E-state index >= 15 is 0 Å². The summed E-state index contributed by atoms with van der Waals surface area (Å²) in [6.45, 7) is 10.8. The number of benzene rings is 1. The second-order valence-electron chi connectivity index (χ2n) is 7.65. The van der Waals surface area contributed by atoms with E-state index in [2.05, 4.69) is 32.2 Å². The van der Waals surface area contributed by atoms with Crippen LogP contribution in [0.25, 0.3) is 10.1 Å². The lowest BCUT2D eigenvalue weighted by Crippen LogP contribution is -2.40. The quantitative estimate of drug-likeness (QED) is 0.720. The molecular weight excluding hydrogens is 396 g/mol. The largest absolute Gasteiger partial charge is 0.486 e. The summed E-state index contributed by atoms with van der Waals surface area (Å²) in [4.78, 5) is 24.8. The number of nitrogen functional groups attached to an aromatic ring is 1. The fourth-order valence-corrected chi connectivity index (χ4v) is 4.96. The fraction of sp³-hybridized carbons (Fsp3) is 0.333. The lowest BCUT2D eigenvalue weighted by Gasteiger charge is -2.37. The standard InChI is InChI=1S/C15H19NO3.C9H9NS/c1-3-12-13(18)10-15(19-14(12)4-2)6-5-8-16(11-17)9-7-15;1-6-7-4-2-3-5-8(7)11-9(6)10/h3-4,11H,1-2,5-10H2;2-5H,10H2,1H3. The van der Waals surface area contributed by atoms with Crippen molar-refractivity contribution in [3.8, 4) is 0 Å². The van der Waals surface area contributed by atoms with E-state index in [0.717, 1.165) is 30.8 Å². The van der Waals surface area contributed by atoms with Crippen molar-refractivity contribution in [1.82, 2.24) is 4.90 Å². The summed E-state index contributed by atoms with van der Waals surface area (Å²) in [5.41, 5.74) is 7.01. The summed E-state index contributed by atoms with van der Waals surface area (Å²) in [7, 11) is 0. The minimum Gasteiger partial charge on any atom is -0.486 e. The fourth-order valence-electron chi connectivity index (χ4n) is 3.98. The molecule has 1 atom stereocenters. The number of rotatable bonds is 3. The SMILES string of the molecule is C=CC1=C(C=C)C(=O)CC2(CCCN(C=O)CC2)O1.Cc1c(N)sc2ccccc12. The van der Waals surface area contributed by atoms with Crippen LogP contribution in [0, 0.1) is 6.92 Å². The number of carbonyl (C=O) groups excluding carboxylic acids is 2. The van der Waals surface area contributed by atoms with Crippen LogP contribution in [0.1, 0.15) is 31.2 Å². The highest BCUT2D eigenvalue weighted by atomic mass is 32.1. The predicted molar refractivity (Wildman–Crippen MR) is 123 cm³/mol. The van der Waals surface area contributed by atoms with Crippen molar-refractivity contribution in [2.24, 2.45) is 0 Å². The molecule has 2 aromatic rings. The van der Waals surface area contributed by atoms with Crippen LogP contribution in [-0.2, 0) is 14.3 Å². The average molecular weight is 425 g/mol. The Morgan fingerprint density at radius 3 is 2.63 bits per heavy atom. The van der Waals surface area contributed by atoms with Crippen molar-refractivity contribution in [3.05, 3.63) is 66.5 Å². The smallest absolute Gasteiger partial charge is 0.209 e. The van der Waals surface area contributed by atoms with Crippen molar-refractivity contribution in [1.29, 1.82) is 0 Å². The second-order valence-corrected chi connectivity index (χ2v) is 8.74. The third-order valence-electron chi connectivity index (χ3n) is 5.73. The highest BCUT2D eigenvalue weighted by Crippen LogP contribution is 2.38. The minimum absolute atomic E-state index is 0.0516. The van der Waals surface area contributed by atoms with Crippen molar-refractivity contribution in [2.75, 3.05) is 18.8 Å². The summed E-state index contributed by atoms with van der Waals surface area (Å²) in [5, 5.41) is 2.22. The van der Waals surface area contributed by atoms with Crippen LogP contribution in [0.2, 0.25) is 0 Å². The maximum atomic E-state index is 12.2. The van der Waals surface area contributed by atoms with Crippen molar-refractivity contribution < 1.29 is 14.3 Å². The zero-order chi connectivity index (χ0) is 21.7. The molecule has 1 amide bonds. The first kappa shape index (κ1) is 21.8. The number of hydrogen-bond donors (Lipinski definition) is 1. The Bertz CT molecular complexity index is 1010. The van der Waals surface area contributed by atoms with E-state index in [1.807, 2.05) is 12.1 Å². The maximum absolute atomic E-state index is 12.2. The summed E-state index contributed by atoms with van der Waals surface area (Å²) < 4.78 is 7.32. The highest BCUT2D eigenvalue weighted by Gasteiger charge is 2.41. The number of ketones is 1. The van der Waals surface area contributed by atoms with Crippen LogP contribution in [0.15, 0.2) is 60.9 Å². The van der Waals surface area contributed by atoms with Gasteiger partial charge in [0.2, 0.25) is 6.41 Å². The molecular formula is C24H28N2O3S. The van der Waals surface area contributed by atoms with Gasteiger partial charge in [-0.15, -0.1) is 11.3 Å². The first-order valence-corrected chi connectivity index (χ1v) is 10.9. The number of amides is 1. The van der Waals surface area contributed by atoms with E-state index in [9.17, 15) is 9.59 Å². The van der Waals surface area contributed by atoms with Crippen LogP contribution in [-0.4, -0.2) is 35.8 Å². The van der Waals surface area contributed by atoms with Crippen molar-refractivity contribution in [3.63, 3.8) is 0 Å². The molecule has 6 heteroatoms. The van der Waals surface area contributed by atoms with Gasteiger partial charge in [-0.05, 0) is 42.9 Å². The molecule has 2 N–H and O–H groups in total. The van der Waals surface area contributed by atoms with Gasteiger partial charge in [0.1, 0.15) is 11.4 Å². The first-order chi connectivity index (χ1) is 14.4. The molecule has 5 nitrogen and oxygen atoms in total. The van der Waals surface area contributed by atoms with Gasteiger partial charge in [-0.2, -0.15) is 0 Å². The van der Waals surface area contributed by atoms with E-state index in [4.69, 9.17) is 10.5 Å². The number of fused-ring (bicyclic) bond motifs is 1. The molecule has 158 valence electrons. The summed E-state index contributed by atoms with van der Waals surface area (Å²) in [6, 6.07) is 8.29. The molecule has 1 aromatic heterocycles. The number of carbonyl (C=O) groups is 2. The molecule has 1 unspecified atom stereocenters. The summed E-state index contributed by atoms with van der Waals surface area (Å²) in [5.74, 6) is 0.571. The molecule has 2 aliphatic heterocycles. The molecule has 1 saturated heterocycles. The Morgan fingerprint density at radius 2 is 1.97 bits per heavy atom. The summed E-state index contributed by atoms with van der Waals surface area (Å²) >= 11 is 1.66. The number of nitrogens with zero attached hydrogens (tertiary/aromatic N) is 1. The summed E-state index contributed by atoms with van der Waals surface area (Å²) in [6.07, 6.45) is 6.63. The number of ether oxygens (including phenoxy) is 1. The Morgan fingerprint density at radius 1 is 1.20 bits per heavy atom.